The Bertz CT molecular complexity index is 488. The quantitative estimate of drug-likeness (QED) is 0.833. The fraction of sp³-hybridized carbons (Fsp3) is 0.600. The van der Waals surface area contributed by atoms with Crippen LogP contribution in [-0.2, 0) is 25.8 Å². The van der Waals surface area contributed by atoms with Crippen LogP contribution in [0.4, 0.5) is 0 Å². The van der Waals surface area contributed by atoms with Crippen molar-refractivity contribution in [2.24, 2.45) is 0 Å². The van der Waals surface area contributed by atoms with E-state index in [0.717, 1.165) is 37.4 Å². The van der Waals surface area contributed by atoms with Crippen molar-refractivity contribution < 1.29 is 9.47 Å². The molecule has 1 aromatic carbocycles. The molecule has 0 saturated heterocycles. The molecule has 0 bridgehead atoms. The molecule has 0 saturated carbocycles. The van der Waals surface area contributed by atoms with Crippen molar-refractivity contribution in [2.45, 2.75) is 32.2 Å². The lowest BCUT2D eigenvalue weighted by Gasteiger charge is -2.30. The van der Waals surface area contributed by atoms with Crippen LogP contribution in [-0.4, -0.2) is 32.7 Å². The van der Waals surface area contributed by atoms with Crippen LogP contribution >= 0.6 is 17.0 Å². The first-order valence-electron chi connectivity index (χ1n) is 6.72. The standard InChI is InChI=1S/C15H21NO2.BrH/c1-16-8-7-11-10-5-4-6-12(10)14(17-2)15(18-3)13(11)9-16;/h4-9H2,1-3H3;1H. The van der Waals surface area contributed by atoms with Gasteiger partial charge in [0.15, 0.2) is 11.5 Å². The molecule has 0 N–H and O–H groups in total. The number of rotatable bonds is 2. The van der Waals surface area contributed by atoms with Gasteiger partial charge in [0.1, 0.15) is 0 Å². The zero-order chi connectivity index (χ0) is 12.7. The third-order valence-corrected chi connectivity index (χ3v) is 4.28. The molecule has 0 spiro atoms. The van der Waals surface area contributed by atoms with E-state index in [-0.39, 0.29) is 17.0 Å². The smallest absolute Gasteiger partial charge is 0.165 e. The van der Waals surface area contributed by atoms with Crippen molar-refractivity contribution in [2.75, 3.05) is 27.8 Å². The largest absolute Gasteiger partial charge is 0.493 e. The molecule has 2 aliphatic rings. The SMILES string of the molecule is Br.COc1c2c(c3c(c1OC)CN(C)CC3)CCC2. The van der Waals surface area contributed by atoms with Gasteiger partial charge in [-0.2, -0.15) is 0 Å². The zero-order valence-electron chi connectivity index (χ0n) is 11.9. The van der Waals surface area contributed by atoms with Crippen LogP contribution in [0.2, 0.25) is 0 Å². The van der Waals surface area contributed by atoms with E-state index in [4.69, 9.17) is 9.47 Å². The second-order valence-electron chi connectivity index (χ2n) is 5.32. The van der Waals surface area contributed by atoms with Gasteiger partial charge in [-0.15, -0.1) is 17.0 Å². The molecule has 1 aromatic rings. The Morgan fingerprint density at radius 1 is 0.842 bits per heavy atom. The number of fused-ring (bicyclic) bond motifs is 3. The van der Waals surface area contributed by atoms with Crippen molar-refractivity contribution in [3.63, 3.8) is 0 Å². The monoisotopic (exact) mass is 327 g/mol. The molecular weight excluding hydrogens is 306 g/mol. The predicted octanol–water partition coefficient (Wildman–Crippen LogP) is 2.76. The van der Waals surface area contributed by atoms with Crippen LogP contribution in [0.3, 0.4) is 0 Å². The molecule has 0 aromatic heterocycles. The van der Waals surface area contributed by atoms with Crippen LogP contribution in [0, 0.1) is 0 Å². The lowest BCUT2D eigenvalue weighted by atomic mass is 9.90. The Kier molecular flexibility index (Phi) is 4.41. The molecular formula is C15H22BrNO2. The molecule has 4 heteroatoms. The highest BCUT2D eigenvalue weighted by atomic mass is 79.9. The van der Waals surface area contributed by atoms with Crippen molar-refractivity contribution in [3.8, 4) is 11.5 Å². The number of benzene rings is 1. The highest BCUT2D eigenvalue weighted by Crippen LogP contribution is 2.45. The van der Waals surface area contributed by atoms with Crippen LogP contribution in [0.25, 0.3) is 0 Å². The summed E-state index contributed by atoms with van der Waals surface area (Å²) in [5, 5.41) is 0. The predicted molar refractivity (Wildman–Crippen MR) is 81.9 cm³/mol. The summed E-state index contributed by atoms with van der Waals surface area (Å²) in [5.74, 6) is 1.96. The molecule has 3 nitrogen and oxygen atoms in total. The molecule has 106 valence electrons. The van der Waals surface area contributed by atoms with Crippen molar-refractivity contribution in [1.82, 2.24) is 4.90 Å². The van der Waals surface area contributed by atoms with E-state index in [9.17, 15) is 0 Å². The van der Waals surface area contributed by atoms with Gasteiger partial charge < -0.3 is 14.4 Å². The summed E-state index contributed by atoms with van der Waals surface area (Å²) in [7, 11) is 5.69. The Balaban J connectivity index is 0.00000133. The lowest BCUT2D eigenvalue weighted by molar-refractivity contribution is 0.293. The minimum Gasteiger partial charge on any atom is -0.493 e. The van der Waals surface area contributed by atoms with Gasteiger partial charge in [0, 0.05) is 24.2 Å². The first kappa shape index (κ1) is 14.7. The number of ether oxygens (including phenoxy) is 2. The highest BCUT2D eigenvalue weighted by Gasteiger charge is 2.29. The molecule has 1 aliphatic heterocycles. The average molecular weight is 328 g/mol. The van der Waals surface area contributed by atoms with E-state index < -0.39 is 0 Å². The van der Waals surface area contributed by atoms with E-state index in [2.05, 4.69) is 11.9 Å². The number of halogens is 1. The van der Waals surface area contributed by atoms with Gasteiger partial charge in [0.2, 0.25) is 0 Å². The zero-order valence-corrected chi connectivity index (χ0v) is 13.6. The normalized spacial score (nSPS) is 17.4. The molecule has 0 atom stereocenters. The molecule has 0 unspecified atom stereocenters. The van der Waals surface area contributed by atoms with Gasteiger partial charge >= 0.3 is 0 Å². The first-order valence-corrected chi connectivity index (χ1v) is 6.72. The summed E-state index contributed by atoms with van der Waals surface area (Å²) in [4.78, 5) is 2.35. The number of hydrogen-bond donors (Lipinski definition) is 0. The number of nitrogens with zero attached hydrogens (tertiary/aromatic N) is 1. The van der Waals surface area contributed by atoms with E-state index in [1.54, 1.807) is 25.3 Å². The molecule has 0 radical (unpaired) electrons. The van der Waals surface area contributed by atoms with Crippen molar-refractivity contribution in [1.29, 1.82) is 0 Å². The van der Waals surface area contributed by atoms with Crippen molar-refractivity contribution >= 4 is 17.0 Å². The Morgan fingerprint density at radius 3 is 2.11 bits per heavy atom. The molecule has 1 heterocycles. The third-order valence-electron chi connectivity index (χ3n) is 4.28. The first-order chi connectivity index (χ1) is 8.76. The maximum atomic E-state index is 5.66. The van der Waals surface area contributed by atoms with Gasteiger partial charge in [-0.1, -0.05) is 0 Å². The van der Waals surface area contributed by atoms with E-state index in [1.807, 2.05) is 0 Å². The molecule has 19 heavy (non-hydrogen) atoms. The minimum absolute atomic E-state index is 0. The maximum absolute atomic E-state index is 5.66. The summed E-state index contributed by atoms with van der Waals surface area (Å²) >= 11 is 0. The molecule has 0 amide bonds. The van der Waals surface area contributed by atoms with Gasteiger partial charge in [-0.05, 0) is 43.9 Å². The second kappa shape index (κ2) is 5.71. The summed E-state index contributed by atoms with van der Waals surface area (Å²) in [5.41, 5.74) is 5.84. The van der Waals surface area contributed by atoms with Gasteiger partial charge in [-0.3, -0.25) is 0 Å². The molecule has 0 fully saturated rings. The number of likely N-dealkylation sites (N-methyl/N-ethyl adjacent to an activating group) is 1. The van der Waals surface area contributed by atoms with E-state index in [1.165, 1.54) is 24.0 Å². The summed E-state index contributed by atoms with van der Waals surface area (Å²) in [6, 6.07) is 0. The minimum atomic E-state index is 0. The van der Waals surface area contributed by atoms with Crippen LogP contribution in [0.15, 0.2) is 0 Å². The van der Waals surface area contributed by atoms with Crippen LogP contribution < -0.4 is 9.47 Å². The van der Waals surface area contributed by atoms with Crippen molar-refractivity contribution in [3.05, 3.63) is 22.3 Å². The summed E-state index contributed by atoms with van der Waals surface area (Å²) < 4.78 is 11.3. The Morgan fingerprint density at radius 2 is 1.42 bits per heavy atom. The highest BCUT2D eigenvalue weighted by molar-refractivity contribution is 8.93. The van der Waals surface area contributed by atoms with Gasteiger partial charge in [-0.25, -0.2) is 0 Å². The third kappa shape index (κ3) is 2.25. The Labute approximate surface area is 125 Å². The second-order valence-corrected chi connectivity index (χ2v) is 5.32. The molecule has 3 rings (SSSR count). The topological polar surface area (TPSA) is 21.7 Å². The van der Waals surface area contributed by atoms with Crippen LogP contribution in [0.5, 0.6) is 11.5 Å². The number of methoxy groups -OCH3 is 2. The Hall–Kier alpha value is -0.740. The summed E-state index contributed by atoms with van der Waals surface area (Å²) in [6.45, 7) is 2.12. The van der Waals surface area contributed by atoms with E-state index in [0.29, 0.717) is 0 Å². The fourth-order valence-corrected chi connectivity index (χ4v) is 3.47. The lowest BCUT2D eigenvalue weighted by Crippen LogP contribution is -2.28. The van der Waals surface area contributed by atoms with E-state index >= 15 is 0 Å². The van der Waals surface area contributed by atoms with Gasteiger partial charge in [0.25, 0.3) is 0 Å². The van der Waals surface area contributed by atoms with Crippen LogP contribution in [0.1, 0.15) is 28.7 Å². The average Bonchev–Trinajstić information content (AvgIpc) is 2.85. The summed E-state index contributed by atoms with van der Waals surface area (Å²) in [6.07, 6.45) is 4.75. The van der Waals surface area contributed by atoms with Gasteiger partial charge in [0.05, 0.1) is 14.2 Å². The maximum Gasteiger partial charge on any atom is 0.165 e. The molecule has 1 aliphatic carbocycles. The number of hydrogen-bond acceptors (Lipinski definition) is 3. The fourth-order valence-electron chi connectivity index (χ4n) is 3.47.